The normalized spacial score (nSPS) is 13.5. The first kappa shape index (κ1) is 10.8. The summed E-state index contributed by atoms with van der Waals surface area (Å²) < 4.78 is 0. The van der Waals surface area contributed by atoms with E-state index >= 15 is 0 Å². The van der Waals surface area contributed by atoms with Crippen molar-refractivity contribution in [1.29, 1.82) is 0 Å². The highest BCUT2D eigenvalue weighted by Gasteiger charge is 2.08. The number of aromatic hydroxyl groups is 1. The summed E-state index contributed by atoms with van der Waals surface area (Å²) in [5.74, 6) is 0.408. The van der Waals surface area contributed by atoms with Gasteiger partial charge in [-0.2, -0.15) is 0 Å². The van der Waals surface area contributed by atoms with Gasteiger partial charge in [0.25, 0.3) is 0 Å². The number of benzene rings is 1. The molecule has 0 heterocycles. The molecule has 76 valence electrons. The van der Waals surface area contributed by atoms with Gasteiger partial charge in [0.2, 0.25) is 0 Å². The lowest BCUT2D eigenvalue weighted by atomic mass is 9.92. The van der Waals surface area contributed by atoms with Crippen LogP contribution in [0.15, 0.2) is 30.9 Å². The number of phenols is 1. The van der Waals surface area contributed by atoms with E-state index in [-0.39, 0.29) is 0 Å². The third kappa shape index (κ3) is 2.91. The zero-order valence-corrected chi connectivity index (χ0v) is 8.79. The Balaban J connectivity index is 0.000000293. The Morgan fingerprint density at radius 2 is 1.79 bits per heavy atom. The number of rotatable bonds is 0. The lowest BCUT2D eigenvalue weighted by Crippen LogP contribution is -2.01. The number of phenolic OH excluding ortho intramolecular Hbond substituents is 1. The summed E-state index contributed by atoms with van der Waals surface area (Å²) in [7, 11) is 0. The van der Waals surface area contributed by atoms with Crippen LogP contribution in [0.3, 0.4) is 0 Å². The van der Waals surface area contributed by atoms with Crippen molar-refractivity contribution in [3.05, 3.63) is 42.0 Å². The van der Waals surface area contributed by atoms with Gasteiger partial charge in [-0.05, 0) is 55.9 Å². The Kier molecular flexibility index (Phi) is 4.24. The van der Waals surface area contributed by atoms with Crippen LogP contribution in [0.1, 0.15) is 30.9 Å². The third-order valence-corrected chi connectivity index (χ3v) is 2.33. The van der Waals surface area contributed by atoms with Crippen LogP contribution < -0.4 is 0 Å². The van der Waals surface area contributed by atoms with E-state index in [1.54, 1.807) is 12.1 Å². The average molecular weight is 190 g/mol. The van der Waals surface area contributed by atoms with Crippen LogP contribution in [0, 0.1) is 0 Å². The predicted octanol–water partition coefficient (Wildman–Crippen LogP) is 3.46. The lowest BCUT2D eigenvalue weighted by molar-refractivity contribution is 0.473. The molecule has 1 N–H and O–H groups in total. The van der Waals surface area contributed by atoms with Crippen molar-refractivity contribution in [2.75, 3.05) is 0 Å². The summed E-state index contributed by atoms with van der Waals surface area (Å²) in [5.41, 5.74) is 2.77. The van der Waals surface area contributed by atoms with Crippen LogP contribution in [-0.4, -0.2) is 5.11 Å². The highest BCUT2D eigenvalue weighted by atomic mass is 16.3. The molecule has 1 heteroatoms. The number of fused-ring (bicyclic) bond motifs is 1. The second-order valence-electron chi connectivity index (χ2n) is 3.57. The van der Waals surface area contributed by atoms with Gasteiger partial charge in [0.1, 0.15) is 5.75 Å². The topological polar surface area (TPSA) is 20.2 Å². The molecule has 0 spiro atoms. The summed E-state index contributed by atoms with van der Waals surface area (Å²) in [5, 5.41) is 9.19. The summed E-state index contributed by atoms with van der Waals surface area (Å²) in [4.78, 5) is 0. The van der Waals surface area contributed by atoms with Gasteiger partial charge < -0.3 is 5.11 Å². The molecule has 1 aliphatic rings. The first-order chi connectivity index (χ1) is 6.77. The van der Waals surface area contributed by atoms with Gasteiger partial charge in [0, 0.05) is 0 Å². The van der Waals surface area contributed by atoms with Crippen LogP contribution in [0.25, 0.3) is 0 Å². The Hall–Kier alpha value is -1.24. The molecule has 14 heavy (non-hydrogen) atoms. The van der Waals surface area contributed by atoms with E-state index in [9.17, 15) is 5.11 Å². The molecule has 0 bridgehead atoms. The van der Waals surface area contributed by atoms with Gasteiger partial charge >= 0.3 is 0 Å². The van der Waals surface area contributed by atoms with E-state index in [1.807, 2.05) is 19.1 Å². The molecule has 0 unspecified atom stereocenters. The van der Waals surface area contributed by atoms with Gasteiger partial charge in [-0.25, -0.2) is 0 Å². The minimum Gasteiger partial charge on any atom is -0.508 e. The van der Waals surface area contributed by atoms with Crippen molar-refractivity contribution in [2.45, 2.75) is 32.6 Å². The van der Waals surface area contributed by atoms with Crippen LogP contribution >= 0.6 is 0 Å². The molecule has 1 aromatic carbocycles. The van der Waals surface area contributed by atoms with Gasteiger partial charge in [0.15, 0.2) is 0 Å². The molecule has 0 atom stereocenters. The van der Waals surface area contributed by atoms with Crippen molar-refractivity contribution in [3.63, 3.8) is 0 Å². The summed E-state index contributed by atoms with van der Waals surface area (Å²) >= 11 is 0. The Bertz CT molecular complexity index is 302. The number of hydrogen-bond donors (Lipinski definition) is 1. The first-order valence-electron chi connectivity index (χ1n) is 5.15. The highest BCUT2D eigenvalue weighted by molar-refractivity contribution is 5.36. The molecular weight excluding hydrogens is 172 g/mol. The molecule has 1 aromatic rings. The third-order valence-electron chi connectivity index (χ3n) is 2.33. The lowest BCUT2D eigenvalue weighted by Gasteiger charge is -2.14. The monoisotopic (exact) mass is 190 g/mol. The van der Waals surface area contributed by atoms with Crippen molar-refractivity contribution < 1.29 is 5.11 Å². The second kappa shape index (κ2) is 5.48. The van der Waals surface area contributed by atoms with E-state index in [1.165, 1.54) is 30.4 Å². The molecule has 0 aromatic heterocycles. The molecule has 0 radical (unpaired) electrons. The van der Waals surface area contributed by atoms with E-state index in [0.717, 1.165) is 6.42 Å². The molecule has 1 nitrogen and oxygen atoms in total. The van der Waals surface area contributed by atoms with Crippen molar-refractivity contribution in [2.24, 2.45) is 0 Å². The summed E-state index contributed by atoms with van der Waals surface area (Å²) in [6, 6.07) is 5.72. The molecular formula is C13H18O. The van der Waals surface area contributed by atoms with E-state index in [2.05, 4.69) is 6.58 Å². The van der Waals surface area contributed by atoms with Crippen LogP contribution in [0.2, 0.25) is 0 Å². The van der Waals surface area contributed by atoms with Crippen molar-refractivity contribution >= 4 is 0 Å². The summed E-state index contributed by atoms with van der Waals surface area (Å²) in [6.07, 6.45) is 6.66. The minimum atomic E-state index is 0.408. The van der Waals surface area contributed by atoms with Crippen LogP contribution in [0.4, 0.5) is 0 Å². The summed E-state index contributed by atoms with van der Waals surface area (Å²) in [6.45, 7) is 5.25. The van der Waals surface area contributed by atoms with Crippen LogP contribution in [0.5, 0.6) is 5.75 Å². The molecule has 0 amide bonds. The zero-order valence-electron chi connectivity index (χ0n) is 8.79. The Morgan fingerprint density at radius 1 is 1.21 bits per heavy atom. The maximum atomic E-state index is 9.19. The second-order valence-corrected chi connectivity index (χ2v) is 3.57. The fourth-order valence-corrected chi connectivity index (χ4v) is 1.72. The molecule has 0 saturated heterocycles. The van der Waals surface area contributed by atoms with Crippen molar-refractivity contribution in [3.8, 4) is 5.75 Å². The van der Waals surface area contributed by atoms with Gasteiger partial charge in [-0.1, -0.05) is 12.1 Å². The standard InChI is InChI=1S/C10H12O.C3H6/c11-10-6-5-8-3-1-2-4-9(8)7-10;1-3-2/h5-7,11H,1-4H2;3H,1H2,2H3. The van der Waals surface area contributed by atoms with Gasteiger partial charge in [-0.3, -0.25) is 0 Å². The van der Waals surface area contributed by atoms with Gasteiger partial charge in [0.05, 0.1) is 0 Å². The zero-order chi connectivity index (χ0) is 10.4. The molecule has 2 rings (SSSR count). The number of hydrogen-bond acceptors (Lipinski definition) is 1. The smallest absolute Gasteiger partial charge is 0.115 e. The quantitative estimate of drug-likeness (QED) is 0.621. The number of aryl methyl sites for hydroxylation is 2. The van der Waals surface area contributed by atoms with Crippen molar-refractivity contribution in [1.82, 2.24) is 0 Å². The molecule has 0 saturated carbocycles. The molecule has 0 aliphatic heterocycles. The van der Waals surface area contributed by atoms with E-state index in [4.69, 9.17) is 0 Å². The predicted molar refractivity (Wildman–Crippen MR) is 60.6 cm³/mol. The van der Waals surface area contributed by atoms with Crippen LogP contribution in [-0.2, 0) is 12.8 Å². The average Bonchev–Trinajstić information content (AvgIpc) is 2.19. The Labute approximate surface area is 86.1 Å². The minimum absolute atomic E-state index is 0.408. The van der Waals surface area contributed by atoms with E-state index < -0.39 is 0 Å². The largest absolute Gasteiger partial charge is 0.508 e. The molecule has 1 aliphatic carbocycles. The maximum Gasteiger partial charge on any atom is 0.115 e. The van der Waals surface area contributed by atoms with E-state index in [0.29, 0.717) is 5.75 Å². The SMILES string of the molecule is C=CC.Oc1ccc2c(c1)CCCC2. The maximum absolute atomic E-state index is 9.19. The molecule has 0 fully saturated rings. The number of allylic oxidation sites excluding steroid dienone is 1. The fraction of sp³-hybridized carbons (Fsp3) is 0.385. The Morgan fingerprint density at radius 3 is 2.43 bits per heavy atom. The highest BCUT2D eigenvalue weighted by Crippen LogP contribution is 2.24. The van der Waals surface area contributed by atoms with Gasteiger partial charge in [-0.15, -0.1) is 6.58 Å². The first-order valence-corrected chi connectivity index (χ1v) is 5.15. The fourth-order valence-electron chi connectivity index (χ4n) is 1.72.